The number of hydrogen-bond acceptors (Lipinski definition) is 5. The van der Waals surface area contributed by atoms with Crippen LogP contribution in [0.1, 0.15) is 36.8 Å². The number of aryl methyl sites for hydroxylation is 1. The Hall–Kier alpha value is -2.50. The highest BCUT2D eigenvalue weighted by molar-refractivity contribution is 7.32. The Morgan fingerprint density at radius 1 is 0.938 bits per heavy atom. The van der Waals surface area contributed by atoms with E-state index in [2.05, 4.69) is 52.3 Å². The molecule has 0 fully saturated rings. The fourth-order valence-corrected chi connectivity index (χ4v) is 3.75. The fourth-order valence-electron chi connectivity index (χ4n) is 3.46. The molecule has 1 atom stereocenters. The van der Waals surface area contributed by atoms with Crippen molar-refractivity contribution < 1.29 is 23.1 Å². The summed E-state index contributed by atoms with van der Waals surface area (Å²) in [7, 11) is -2.51. The first-order valence-electron chi connectivity index (χ1n) is 11.0. The van der Waals surface area contributed by atoms with Crippen molar-refractivity contribution in [2.75, 3.05) is 19.8 Å². The zero-order valence-corrected chi connectivity index (χ0v) is 19.1. The van der Waals surface area contributed by atoms with E-state index in [1.165, 1.54) is 5.56 Å². The van der Waals surface area contributed by atoms with Gasteiger partial charge in [0.05, 0.1) is 19.1 Å². The predicted octanol–water partition coefficient (Wildman–Crippen LogP) is 5.88. The van der Waals surface area contributed by atoms with E-state index < -0.39 is 8.25 Å². The van der Waals surface area contributed by atoms with Crippen LogP contribution in [0.25, 0.3) is 11.1 Å². The van der Waals surface area contributed by atoms with Crippen molar-refractivity contribution in [2.45, 2.75) is 38.6 Å². The number of hydrogen-bond donors (Lipinski definition) is 2. The summed E-state index contributed by atoms with van der Waals surface area (Å²) in [5.74, 6) is 0.860. The minimum absolute atomic E-state index is 0.261. The molecule has 3 aromatic rings. The molecule has 0 aliphatic heterocycles. The van der Waals surface area contributed by atoms with Crippen molar-refractivity contribution in [1.29, 1.82) is 0 Å². The largest absolute Gasteiger partial charge is 0.694 e. The Bertz CT molecular complexity index is 931. The van der Waals surface area contributed by atoms with Crippen molar-refractivity contribution >= 4 is 8.25 Å². The topological polar surface area (TPSA) is 80.9 Å². The van der Waals surface area contributed by atoms with Crippen molar-refractivity contribution in [1.82, 2.24) is 5.32 Å². The van der Waals surface area contributed by atoms with Gasteiger partial charge in [-0.25, -0.2) is 0 Å². The third-order valence-corrected chi connectivity index (χ3v) is 5.52. The summed E-state index contributed by atoms with van der Waals surface area (Å²) in [4.78, 5) is 8.63. The van der Waals surface area contributed by atoms with Gasteiger partial charge in [-0.2, -0.15) is 0 Å². The highest BCUT2D eigenvalue weighted by Crippen LogP contribution is 2.31. The predicted molar refractivity (Wildman–Crippen MR) is 126 cm³/mol. The zero-order chi connectivity index (χ0) is 22.4. The molecule has 0 saturated heterocycles. The molecule has 2 aromatic carbocycles. The molecule has 1 aromatic heterocycles. The lowest BCUT2D eigenvalue weighted by atomic mass is 10.0. The molecule has 32 heavy (non-hydrogen) atoms. The van der Waals surface area contributed by atoms with Crippen molar-refractivity contribution in [3.8, 4) is 16.9 Å². The summed E-state index contributed by atoms with van der Waals surface area (Å²) in [6.07, 6.45) is 8.47. The molecule has 6 nitrogen and oxygen atoms in total. The minimum Gasteiger partial charge on any atom is -0.493 e. The molecule has 0 radical (unpaired) electrons. The SMILES string of the molecule is O=[P+](O)OCCCNCc1ccc(OCCCCCc2ccccc2)c(-c2ccoc2)c1. The Morgan fingerprint density at radius 2 is 1.81 bits per heavy atom. The summed E-state index contributed by atoms with van der Waals surface area (Å²) in [5, 5.41) is 3.33. The average molecular weight is 456 g/mol. The van der Waals surface area contributed by atoms with Crippen LogP contribution >= 0.6 is 8.25 Å². The summed E-state index contributed by atoms with van der Waals surface area (Å²) < 4.78 is 26.6. The Balaban J connectivity index is 1.45. The van der Waals surface area contributed by atoms with Crippen LogP contribution in [0.5, 0.6) is 5.75 Å². The van der Waals surface area contributed by atoms with Gasteiger partial charge in [-0.05, 0) is 68.0 Å². The first-order chi connectivity index (χ1) is 15.7. The summed E-state index contributed by atoms with van der Waals surface area (Å²) in [6.45, 7) is 2.34. The molecule has 0 aliphatic carbocycles. The first-order valence-corrected chi connectivity index (χ1v) is 12.2. The van der Waals surface area contributed by atoms with Crippen LogP contribution in [0.15, 0.2) is 71.5 Å². The van der Waals surface area contributed by atoms with Crippen LogP contribution in [-0.2, 0) is 22.1 Å². The lowest BCUT2D eigenvalue weighted by Gasteiger charge is -2.13. The maximum absolute atomic E-state index is 10.5. The van der Waals surface area contributed by atoms with Crippen molar-refractivity contribution in [3.05, 3.63) is 78.3 Å². The number of furan rings is 1. The van der Waals surface area contributed by atoms with E-state index in [0.29, 0.717) is 26.1 Å². The van der Waals surface area contributed by atoms with Crippen LogP contribution in [0, 0.1) is 0 Å². The van der Waals surface area contributed by atoms with Gasteiger partial charge >= 0.3 is 8.25 Å². The van der Waals surface area contributed by atoms with Gasteiger partial charge in [-0.15, -0.1) is 9.42 Å². The van der Waals surface area contributed by atoms with Gasteiger partial charge in [-0.1, -0.05) is 36.4 Å². The molecule has 0 aliphatic rings. The van der Waals surface area contributed by atoms with E-state index in [0.717, 1.165) is 48.1 Å². The monoisotopic (exact) mass is 456 g/mol. The molecule has 170 valence electrons. The van der Waals surface area contributed by atoms with Crippen LogP contribution in [0.4, 0.5) is 0 Å². The van der Waals surface area contributed by atoms with Gasteiger partial charge in [0.2, 0.25) is 0 Å². The van der Waals surface area contributed by atoms with Crippen LogP contribution in [0.3, 0.4) is 0 Å². The third kappa shape index (κ3) is 8.56. The fraction of sp³-hybridized carbons (Fsp3) is 0.360. The van der Waals surface area contributed by atoms with Gasteiger partial charge in [0.25, 0.3) is 0 Å². The second-order valence-electron chi connectivity index (χ2n) is 7.59. The van der Waals surface area contributed by atoms with E-state index in [-0.39, 0.29) is 6.61 Å². The number of rotatable bonds is 15. The highest BCUT2D eigenvalue weighted by Gasteiger charge is 2.11. The van der Waals surface area contributed by atoms with Gasteiger partial charge in [0.15, 0.2) is 0 Å². The highest BCUT2D eigenvalue weighted by atomic mass is 31.1. The van der Waals surface area contributed by atoms with Crippen molar-refractivity contribution in [3.63, 3.8) is 0 Å². The van der Waals surface area contributed by atoms with E-state index in [4.69, 9.17) is 14.0 Å². The standard InChI is InChI=1S/C25H30NO5P/c27-32(28)31-16-7-14-26-19-22-11-12-25(24(18-22)23-13-17-29-20-23)30-15-6-2-5-10-21-8-3-1-4-9-21/h1,3-4,8-9,11-13,17-18,20,26H,2,5-7,10,14-16,19H2/p+1. The molecule has 0 spiro atoms. The summed E-state index contributed by atoms with van der Waals surface area (Å²) >= 11 is 0. The smallest absolute Gasteiger partial charge is 0.493 e. The van der Waals surface area contributed by atoms with Gasteiger partial charge < -0.3 is 14.5 Å². The molecule has 0 amide bonds. The summed E-state index contributed by atoms with van der Waals surface area (Å²) in [5.41, 5.74) is 4.52. The van der Waals surface area contributed by atoms with Gasteiger partial charge in [0, 0.05) is 22.2 Å². The Kier molecular flexibility index (Phi) is 10.4. The maximum Gasteiger partial charge on any atom is 0.694 e. The Morgan fingerprint density at radius 3 is 2.59 bits per heavy atom. The molecular weight excluding hydrogens is 425 g/mol. The Labute approximate surface area is 190 Å². The molecule has 2 N–H and O–H groups in total. The van der Waals surface area contributed by atoms with E-state index in [9.17, 15) is 4.57 Å². The molecule has 1 unspecified atom stereocenters. The average Bonchev–Trinajstić information content (AvgIpc) is 3.34. The molecule has 0 bridgehead atoms. The number of nitrogens with one attached hydrogen (secondary N) is 1. The second kappa shape index (κ2) is 13.8. The lowest BCUT2D eigenvalue weighted by Crippen LogP contribution is -2.16. The molecule has 3 rings (SSSR count). The van der Waals surface area contributed by atoms with E-state index >= 15 is 0 Å². The first kappa shape index (κ1) is 24.1. The molecule has 0 saturated carbocycles. The van der Waals surface area contributed by atoms with Gasteiger partial charge in [0.1, 0.15) is 12.4 Å². The number of ether oxygens (including phenoxy) is 1. The molecular formula is C25H31NO5P+. The number of unbranched alkanes of at least 4 members (excludes halogenated alkanes) is 2. The van der Waals surface area contributed by atoms with Gasteiger partial charge in [-0.3, -0.25) is 0 Å². The van der Waals surface area contributed by atoms with Crippen LogP contribution in [0.2, 0.25) is 0 Å². The molecule has 7 heteroatoms. The van der Waals surface area contributed by atoms with Crippen LogP contribution < -0.4 is 10.1 Å². The quantitative estimate of drug-likeness (QED) is 0.219. The number of benzene rings is 2. The second-order valence-corrected chi connectivity index (χ2v) is 8.32. The third-order valence-electron chi connectivity index (χ3n) is 5.12. The van der Waals surface area contributed by atoms with E-state index in [1.54, 1.807) is 12.5 Å². The molecule has 1 heterocycles. The van der Waals surface area contributed by atoms with Crippen molar-refractivity contribution in [2.24, 2.45) is 0 Å². The lowest BCUT2D eigenvalue weighted by molar-refractivity contribution is 0.276. The minimum atomic E-state index is -2.51. The normalized spacial score (nSPS) is 11.5. The van der Waals surface area contributed by atoms with E-state index in [1.807, 2.05) is 12.1 Å². The van der Waals surface area contributed by atoms with Crippen LogP contribution in [-0.4, -0.2) is 24.7 Å². The zero-order valence-electron chi connectivity index (χ0n) is 18.2. The maximum atomic E-state index is 10.5. The summed E-state index contributed by atoms with van der Waals surface area (Å²) in [6, 6.07) is 18.7.